The van der Waals surface area contributed by atoms with E-state index < -0.39 is 6.04 Å². The lowest BCUT2D eigenvalue weighted by molar-refractivity contribution is -0.143. The third kappa shape index (κ3) is 8.19. The van der Waals surface area contributed by atoms with Crippen molar-refractivity contribution in [3.63, 3.8) is 0 Å². The minimum absolute atomic E-state index is 0.00256. The fourth-order valence-electron chi connectivity index (χ4n) is 4.20. The van der Waals surface area contributed by atoms with Gasteiger partial charge in [-0.3, -0.25) is 9.59 Å². The van der Waals surface area contributed by atoms with Gasteiger partial charge in [-0.2, -0.15) is 0 Å². The molecule has 1 N–H and O–H groups in total. The Morgan fingerprint density at radius 1 is 0.973 bits per heavy atom. The summed E-state index contributed by atoms with van der Waals surface area (Å²) < 4.78 is 6.97. The first kappa shape index (κ1) is 28.5. The minimum atomic E-state index is -0.688. The zero-order valence-corrected chi connectivity index (χ0v) is 24.0. The van der Waals surface area contributed by atoms with E-state index in [-0.39, 0.29) is 24.5 Å². The Balaban J connectivity index is 1.95. The molecule has 0 aliphatic heterocycles. The van der Waals surface area contributed by atoms with Gasteiger partial charge >= 0.3 is 0 Å². The van der Waals surface area contributed by atoms with Crippen molar-refractivity contribution in [1.82, 2.24) is 10.2 Å². The van der Waals surface area contributed by atoms with E-state index in [1.807, 2.05) is 95.3 Å². The predicted octanol–water partition coefficient (Wildman–Crippen LogP) is 6.31. The molecule has 3 rings (SSSR count). The molecule has 2 unspecified atom stereocenters. The molecule has 0 aliphatic carbocycles. The van der Waals surface area contributed by atoms with Crippen LogP contribution in [0.25, 0.3) is 0 Å². The molecule has 0 aromatic heterocycles. The van der Waals surface area contributed by atoms with Crippen molar-refractivity contribution in [2.75, 3.05) is 6.61 Å². The highest BCUT2D eigenvalue weighted by Crippen LogP contribution is 2.24. The van der Waals surface area contributed by atoms with Crippen molar-refractivity contribution in [3.8, 4) is 5.75 Å². The van der Waals surface area contributed by atoms with Gasteiger partial charge in [-0.15, -0.1) is 0 Å². The fourth-order valence-corrected chi connectivity index (χ4v) is 4.65. The zero-order chi connectivity index (χ0) is 26.9. The first-order valence-corrected chi connectivity index (χ1v) is 13.6. The third-order valence-corrected chi connectivity index (χ3v) is 7.12. The van der Waals surface area contributed by atoms with Crippen molar-refractivity contribution in [1.29, 1.82) is 0 Å². The molecule has 0 fully saturated rings. The first-order chi connectivity index (χ1) is 17.7. The maximum absolute atomic E-state index is 13.8. The number of nitrogens with zero attached hydrogens (tertiary/aromatic N) is 1. The highest BCUT2D eigenvalue weighted by atomic mass is 79.9. The number of ether oxygens (including phenoxy) is 1. The Hall–Kier alpha value is -3.12. The Kier molecular flexibility index (Phi) is 10.3. The number of hydrogen-bond donors (Lipinski definition) is 1. The zero-order valence-electron chi connectivity index (χ0n) is 22.4. The standard InChI is InChI=1S/C31H37BrN2O3/c1-6-23(4)33-31(36)28(18-25-11-8-7-9-12-25)34(19-26-13-10-14-27(32)17-26)30(35)20-37-29-16-21(2)15-22(3)24(29)5/h7-17,23,28H,6,18-20H2,1-5H3,(H,33,36). The van der Waals surface area contributed by atoms with Crippen molar-refractivity contribution in [3.05, 3.63) is 99.0 Å². The van der Waals surface area contributed by atoms with Crippen molar-refractivity contribution in [2.45, 2.75) is 66.1 Å². The maximum atomic E-state index is 13.8. The van der Waals surface area contributed by atoms with Crippen LogP contribution < -0.4 is 10.1 Å². The van der Waals surface area contributed by atoms with E-state index in [4.69, 9.17) is 4.74 Å². The topological polar surface area (TPSA) is 58.6 Å². The van der Waals surface area contributed by atoms with Crippen LogP contribution in [0.5, 0.6) is 5.75 Å². The SMILES string of the molecule is CCC(C)NC(=O)C(Cc1ccccc1)N(Cc1cccc(Br)c1)C(=O)COc1cc(C)cc(C)c1C. The van der Waals surface area contributed by atoms with Crippen LogP contribution >= 0.6 is 15.9 Å². The van der Waals surface area contributed by atoms with Crippen molar-refractivity contribution in [2.24, 2.45) is 0 Å². The molecular formula is C31H37BrN2O3. The molecule has 2 atom stereocenters. The lowest BCUT2D eigenvalue weighted by atomic mass is 10.0. The number of aryl methyl sites for hydroxylation is 2. The minimum Gasteiger partial charge on any atom is -0.483 e. The molecule has 0 saturated carbocycles. The van der Waals surface area contributed by atoms with Gasteiger partial charge in [0.15, 0.2) is 6.61 Å². The highest BCUT2D eigenvalue weighted by Gasteiger charge is 2.31. The molecule has 0 bridgehead atoms. The summed E-state index contributed by atoms with van der Waals surface area (Å²) in [4.78, 5) is 29.0. The molecule has 6 heteroatoms. The second-order valence-corrected chi connectivity index (χ2v) is 10.6. The van der Waals surface area contributed by atoms with Crippen LogP contribution in [0.1, 0.15) is 48.1 Å². The van der Waals surface area contributed by atoms with E-state index >= 15 is 0 Å². The van der Waals surface area contributed by atoms with Gasteiger partial charge in [0.1, 0.15) is 11.8 Å². The Morgan fingerprint density at radius 2 is 1.68 bits per heavy atom. The van der Waals surface area contributed by atoms with Crippen molar-refractivity contribution >= 4 is 27.7 Å². The van der Waals surface area contributed by atoms with Crippen LogP contribution in [0.15, 0.2) is 71.2 Å². The lowest BCUT2D eigenvalue weighted by Gasteiger charge is -2.32. The molecule has 0 radical (unpaired) electrons. The van der Waals surface area contributed by atoms with Gasteiger partial charge in [0.05, 0.1) is 0 Å². The average molecular weight is 566 g/mol. The monoisotopic (exact) mass is 564 g/mol. The second kappa shape index (κ2) is 13.4. The lowest BCUT2D eigenvalue weighted by Crippen LogP contribution is -2.53. The summed E-state index contributed by atoms with van der Waals surface area (Å²) in [6, 6.07) is 21.0. The Labute approximate surface area is 229 Å². The van der Waals surface area contributed by atoms with E-state index in [0.717, 1.165) is 38.7 Å². The smallest absolute Gasteiger partial charge is 0.261 e. The number of carbonyl (C=O) groups is 2. The molecule has 0 spiro atoms. The largest absolute Gasteiger partial charge is 0.483 e. The summed E-state index contributed by atoms with van der Waals surface area (Å²) >= 11 is 3.53. The molecule has 3 aromatic carbocycles. The van der Waals surface area contributed by atoms with Crippen LogP contribution in [-0.2, 0) is 22.6 Å². The molecule has 196 valence electrons. The van der Waals surface area contributed by atoms with Gasteiger partial charge < -0.3 is 15.0 Å². The van der Waals surface area contributed by atoms with Gasteiger partial charge in [0.2, 0.25) is 5.91 Å². The predicted molar refractivity (Wildman–Crippen MR) is 153 cm³/mol. The van der Waals surface area contributed by atoms with E-state index in [1.165, 1.54) is 0 Å². The van der Waals surface area contributed by atoms with Gasteiger partial charge in [0, 0.05) is 23.5 Å². The van der Waals surface area contributed by atoms with Crippen LogP contribution in [0, 0.1) is 20.8 Å². The number of amides is 2. The number of benzene rings is 3. The van der Waals surface area contributed by atoms with Crippen LogP contribution in [0.3, 0.4) is 0 Å². The normalized spacial score (nSPS) is 12.5. The van der Waals surface area contributed by atoms with Crippen LogP contribution in [-0.4, -0.2) is 35.4 Å². The van der Waals surface area contributed by atoms with Gasteiger partial charge in [0.25, 0.3) is 5.91 Å². The summed E-state index contributed by atoms with van der Waals surface area (Å²) in [6.07, 6.45) is 1.21. The number of halogens is 1. The number of nitrogens with one attached hydrogen (secondary N) is 1. The third-order valence-electron chi connectivity index (χ3n) is 6.63. The Morgan fingerprint density at radius 3 is 2.35 bits per heavy atom. The molecule has 37 heavy (non-hydrogen) atoms. The second-order valence-electron chi connectivity index (χ2n) is 9.67. The van der Waals surface area contributed by atoms with E-state index in [9.17, 15) is 9.59 Å². The van der Waals surface area contributed by atoms with Gasteiger partial charge in [-0.1, -0.05) is 71.4 Å². The maximum Gasteiger partial charge on any atom is 0.261 e. The quantitative estimate of drug-likeness (QED) is 0.297. The van der Waals surface area contributed by atoms with Gasteiger partial charge in [-0.05, 0) is 80.1 Å². The molecule has 2 amide bonds. The molecule has 3 aromatic rings. The summed E-state index contributed by atoms with van der Waals surface area (Å²) in [5, 5.41) is 3.10. The van der Waals surface area contributed by atoms with E-state index in [1.54, 1.807) is 4.90 Å². The number of rotatable bonds is 11. The summed E-state index contributed by atoms with van der Waals surface area (Å²) in [6.45, 7) is 10.2. The summed E-state index contributed by atoms with van der Waals surface area (Å²) in [5.74, 6) is 0.291. The molecule has 0 saturated heterocycles. The molecule has 0 heterocycles. The number of hydrogen-bond acceptors (Lipinski definition) is 3. The Bertz CT molecular complexity index is 1210. The van der Waals surface area contributed by atoms with Crippen LogP contribution in [0.2, 0.25) is 0 Å². The summed E-state index contributed by atoms with van der Waals surface area (Å²) in [7, 11) is 0. The van der Waals surface area contributed by atoms with Gasteiger partial charge in [-0.25, -0.2) is 0 Å². The first-order valence-electron chi connectivity index (χ1n) is 12.8. The van der Waals surface area contributed by atoms with E-state index in [0.29, 0.717) is 18.7 Å². The molecule has 0 aliphatic rings. The summed E-state index contributed by atoms with van der Waals surface area (Å²) in [5.41, 5.74) is 5.12. The fraction of sp³-hybridized carbons (Fsp3) is 0.355. The molecular weight excluding hydrogens is 528 g/mol. The molecule has 5 nitrogen and oxygen atoms in total. The average Bonchev–Trinajstić information content (AvgIpc) is 2.87. The van der Waals surface area contributed by atoms with Crippen molar-refractivity contribution < 1.29 is 14.3 Å². The highest BCUT2D eigenvalue weighted by molar-refractivity contribution is 9.10. The number of carbonyl (C=O) groups excluding carboxylic acids is 2. The van der Waals surface area contributed by atoms with E-state index in [2.05, 4.69) is 27.3 Å². The van der Waals surface area contributed by atoms with Crippen LogP contribution in [0.4, 0.5) is 0 Å².